The van der Waals surface area contributed by atoms with Crippen LogP contribution in [-0.4, -0.2) is 142 Å². The zero-order chi connectivity index (χ0) is 37.5. The van der Waals surface area contributed by atoms with Gasteiger partial charge in [0, 0.05) is 32.6 Å². The van der Waals surface area contributed by atoms with Crippen molar-refractivity contribution in [3.8, 4) is 0 Å². The normalized spacial score (nSPS) is 19.8. The summed E-state index contributed by atoms with van der Waals surface area (Å²) in [5.41, 5.74) is 27.4. The molecule has 5 atom stereocenters. The molecule has 0 radical (unpaired) electrons. The highest BCUT2D eigenvalue weighted by Crippen LogP contribution is 2.26. The van der Waals surface area contributed by atoms with E-state index in [1.807, 2.05) is 0 Å². The summed E-state index contributed by atoms with van der Waals surface area (Å²) < 4.78 is 31.7. The van der Waals surface area contributed by atoms with Crippen LogP contribution < -0.4 is 39.3 Å². The van der Waals surface area contributed by atoms with Crippen molar-refractivity contribution in [2.45, 2.75) is 81.4 Å². The van der Waals surface area contributed by atoms with Gasteiger partial charge in [0.15, 0.2) is 11.9 Å². The maximum atomic E-state index is 13.7. The van der Waals surface area contributed by atoms with Crippen molar-refractivity contribution in [2.24, 2.45) is 38.7 Å². The van der Waals surface area contributed by atoms with Gasteiger partial charge in [-0.2, -0.15) is 13.2 Å². The molecule has 4 amide bonds. The number of aliphatic carboxylic acids is 2. The minimum Gasteiger partial charge on any atom is -0.480 e. The average Bonchev–Trinajstić information content (AvgIpc) is 3.65. The van der Waals surface area contributed by atoms with Gasteiger partial charge < -0.3 is 64.4 Å². The number of nitrogens with one attached hydrogen (secondary N) is 2. The lowest BCUT2D eigenvalue weighted by Gasteiger charge is -2.33. The molecule has 0 bridgehead atoms. The number of aliphatic imine (C=N–C) groups is 2. The first-order valence-electron chi connectivity index (χ1n) is 15.0. The summed E-state index contributed by atoms with van der Waals surface area (Å²) in [5.74, 6) is -6.55. The number of halogens is 3. The Morgan fingerprint density at radius 1 is 0.898 bits per heavy atom. The first-order valence-corrected chi connectivity index (χ1v) is 15.0. The second kappa shape index (κ2) is 19.8. The van der Waals surface area contributed by atoms with E-state index in [0.29, 0.717) is 25.7 Å². The maximum absolute atomic E-state index is 13.7. The summed E-state index contributed by atoms with van der Waals surface area (Å²) in [7, 11) is 0. The van der Waals surface area contributed by atoms with Gasteiger partial charge in [-0.15, -0.1) is 0 Å². The van der Waals surface area contributed by atoms with Crippen molar-refractivity contribution in [2.75, 3.05) is 32.7 Å². The molecule has 278 valence electrons. The fourth-order valence-corrected chi connectivity index (χ4v) is 4.96. The van der Waals surface area contributed by atoms with Gasteiger partial charge in [-0.25, -0.2) is 4.79 Å². The van der Waals surface area contributed by atoms with Crippen molar-refractivity contribution in [3.63, 3.8) is 0 Å². The van der Waals surface area contributed by atoms with E-state index in [9.17, 15) is 42.3 Å². The highest BCUT2D eigenvalue weighted by atomic mass is 19.4. The van der Waals surface area contributed by atoms with Crippen LogP contribution in [0.1, 0.15) is 44.9 Å². The highest BCUT2D eigenvalue weighted by molar-refractivity contribution is 5.96. The number of carboxylic acids is 2. The predicted molar refractivity (Wildman–Crippen MR) is 165 cm³/mol. The van der Waals surface area contributed by atoms with Gasteiger partial charge in [-0.3, -0.25) is 34.0 Å². The minimum absolute atomic E-state index is 0.0671. The number of rotatable bonds is 15. The van der Waals surface area contributed by atoms with Crippen LogP contribution in [0.15, 0.2) is 9.98 Å². The largest absolute Gasteiger partial charge is 0.490 e. The summed E-state index contributed by atoms with van der Waals surface area (Å²) in [6.45, 7) is -0.0720. The van der Waals surface area contributed by atoms with E-state index in [0.717, 1.165) is 0 Å². The number of guanidine groups is 2. The van der Waals surface area contributed by atoms with Gasteiger partial charge in [0.2, 0.25) is 23.6 Å². The molecule has 2 aliphatic rings. The molecule has 23 heteroatoms. The molecule has 0 aliphatic carbocycles. The van der Waals surface area contributed by atoms with Crippen LogP contribution >= 0.6 is 0 Å². The maximum Gasteiger partial charge on any atom is 0.490 e. The van der Waals surface area contributed by atoms with Crippen molar-refractivity contribution in [1.29, 1.82) is 0 Å². The number of hydrogen-bond acceptors (Lipinski definition) is 10. The first-order chi connectivity index (χ1) is 22.8. The van der Waals surface area contributed by atoms with E-state index in [2.05, 4.69) is 20.6 Å². The number of carboxylic acid groups (broad SMARTS) is 2. The molecule has 0 unspecified atom stereocenters. The van der Waals surface area contributed by atoms with Crippen LogP contribution in [-0.2, 0) is 28.8 Å². The smallest absolute Gasteiger partial charge is 0.480 e. The van der Waals surface area contributed by atoms with Gasteiger partial charge in [0.05, 0.1) is 12.1 Å². The zero-order valence-corrected chi connectivity index (χ0v) is 26.5. The summed E-state index contributed by atoms with van der Waals surface area (Å²) in [6, 6.07) is -4.01. The lowest BCUT2D eigenvalue weighted by Crippen LogP contribution is -2.57. The van der Waals surface area contributed by atoms with Crippen molar-refractivity contribution in [3.05, 3.63) is 0 Å². The third-order valence-corrected chi connectivity index (χ3v) is 7.21. The molecule has 0 spiro atoms. The summed E-state index contributed by atoms with van der Waals surface area (Å²) >= 11 is 0. The number of nitrogens with two attached hydrogens (primary N) is 5. The van der Waals surface area contributed by atoms with Crippen LogP contribution in [0.3, 0.4) is 0 Å². The van der Waals surface area contributed by atoms with Crippen LogP contribution in [0.4, 0.5) is 13.2 Å². The summed E-state index contributed by atoms with van der Waals surface area (Å²) in [4.78, 5) is 82.8. The lowest BCUT2D eigenvalue weighted by atomic mass is 10.1. The van der Waals surface area contributed by atoms with E-state index in [-0.39, 0.29) is 57.4 Å². The molecule has 0 aromatic rings. The Hall–Kier alpha value is -4.93. The molecule has 49 heavy (non-hydrogen) atoms. The molecule has 15 N–H and O–H groups in total. The van der Waals surface area contributed by atoms with Gasteiger partial charge in [-0.05, 0) is 38.5 Å². The monoisotopic (exact) mass is 711 g/mol. The van der Waals surface area contributed by atoms with E-state index < -0.39 is 78.6 Å². The molecule has 2 saturated heterocycles. The van der Waals surface area contributed by atoms with E-state index in [1.54, 1.807) is 0 Å². The molecule has 2 rings (SSSR count). The fourth-order valence-electron chi connectivity index (χ4n) is 4.96. The Balaban J connectivity index is 0.00000154. The van der Waals surface area contributed by atoms with Crippen molar-refractivity contribution >= 4 is 47.5 Å². The van der Waals surface area contributed by atoms with Crippen LogP contribution in [0.5, 0.6) is 0 Å². The van der Waals surface area contributed by atoms with Crippen molar-refractivity contribution in [1.82, 2.24) is 20.4 Å². The second-order valence-electron chi connectivity index (χ2n) is 11.1. The number of amides is 4. The fraction of sp³-hybridized carbons (Fsp3) is 0.692. The SMILES string of the molecule is NC(N)=NCCC[C@@H](N)C(=O)N[C@@H](CCCN=C(N)N)C(=O)N1CCC[C@H]1C(=O)N1C[C@H](O)C[C@H]1C(=O)NCC(=O)O.O=C(O)C(F)(F)F. The minimum atomic E-state index is -5.08. The Kier molecular flexibility index (Phi) is 17.0. The van der Waals surface area contributed by atoms with E-state index in [1.165, 1.54) is 9.80 Å². The molecule has 2 heterocycles. The van der Waals surface area contributed by atoms with E-state index >= 15 is 0 Å². The molecular weight excluding hydrogens is 667 g/mol. The highest BCUT2D eigenvalue weighted by Gasteiger charge is 2.45. The third kappa shape index (κ3) is 14.8. The van der Waals surface area contributed by atoms with Crippen molar-refractivity contribution < 1.29 is 57.3 Å². The average molecular weight is 712 g/mol. The number of aliphatic hydroxyl groups is 1. The van der Waals surface area contributed by atoms with Crippen LogP contribution in [0, 0.1) is 0 Å². The standard InChI is InChI=1S/C24H43N11O7.C2HF3O2/c25-14(4-1-7-30-23(26)27)19(39)33-15(5-2-8-31-24(28)29)21(41)34-9-3-6-16(34)22(42)35-12-13(36)10-17(35)20(40)32-11-18(37)38;3-2(4,5)1(6)7/h13-17,36H,1-12,25H2,(H,32,40)(H,33,39)(H,37,38)(H4,26,27,30)(H4,28,29,31);(H,6,7)/t13-,14-,15+,16+,17+;/m1./s1. The molecule has 20 nitrogen and oxygen atoms in total. The Morgan fingerprint density at radius 2 is 1.45 bits per heavy atom. The number of alkyl halides is 3. The van der Waals surface area contributed by atoms with Gasteiger partial charge in [0.1, 0.15) is 24.7 Å². The molecule has 0 aromatic carbocycles. The number of aliphatic hydroxyl groups excluding tert-OH is 1. The second-order valence-corrected chi connectivity index (χ2v) is 11.1. The van der Waals surface area contributed by atoms with Gasteiger partial charge >= 0.3 is 18.1 Å². The Bertz CT molecular complexity index is 1240. The third-order valence-electron chi connectivity index (χ3n) is 7.21. The molecule has 0 saturated carbocycles. The molecule has 0 aromatic heterocycles. The van der Waals surface area contributed by atoms with Gasteiger partial charge in [-0.1, -0.05) is 0 Å². The number of carbonyl (C=O) groups is 6. The van der Waals surface area contributed by atoms with Crippen LogP contribution in [0.2, 0.25) is 0 Å². The number of nitrogens with zero attached hydrogens (tertiary/aromatic N) is 4. The predicted octanol–water partition coefficient (Wildman–Crippen LogP) is -4.31. The number of β-amino-alcohol motifs (C(OH)–C–C–N with tert-alkyl or cyclic N) is 1. The van der Waals surface area contributed by atoms with Gasteiger partial charge in [0.25, 0.3) is 0 Å². The summed E-state index contributed by atoms with van der Waals surface area (Å²) in [6.07, 6.45) is -4.16. The Labute approximate surface area is 278 Å². The summed E-state index contributed by atoms with van der Waals surface area (Å²) in [5, 5.41) is 31.1. The zero-order valence-electron chi connectivity index (χ0n) is 26.5. The molecule has 2 fully saturated rings. The Morgan fingerprint density at radius 3 is 1.96 bits per heavy atom. The number of carbonyl (C=O) groups excluding carboxylic acids is 4. The topological polar surface area (TPSA) is 348 Å². The molecule has 2 aliphatic heterocycles. The number of likely N-dealkylation sites (tertiary alicyclic amines) is 2. The quantitative estimate of drug-likeness (QED) is 0.0437. The molecular formula is C26H44F3N11O9. The lowest BCUT2D eigenvalue weighted by molar-refractivity contribution is -0.192. The van der Waals surface area contributed by atoms with E-state index in [4.69, 9.17) is 43.7 Å². The number of hydrogen-bond donors (Lipinski definition) is 10. The van der Waals surface area contributed by atoms with Crippen LogP contribution in [0.25, 0.3) is 0 Å². The first kappa shape index (κ1) is 42.1.